The van der Waals surface area contributed by atoms with Crippen LogP contribution in [0.25, 0.3) is 0 Å². The summed E-state index contributed by atoms with van der Waals surface area (Å²) in [5.74, 6) is 0.101. The maximum atomic E-state index is 12.4. The minimum absolute atomic E-state index is 0.0270. The van der Waals surface area contributed by atoms with Gasteiger partial charge in [-0.3, -0.25) is 4.90 Å². The van der Waals surface area contributed by atoms with Gasteiger partial charge >= 0.3 is 6.36 Å². The molecule has 0 radical (unpaired) electrons. The number of hydrogen-bond donors (Lipinski definition) is 2. The molecule has 8 heteroatoms. The molecule has 1 fully saturated rings. The predicted octanol–water partition coefficient (Wildman–Crippen LogP) is 3.29. The molecule has 2 aromatic carbocycles. The fourth-order valence-electron chi connectivity index (χ4n) is 3.30. The van der Waals surface area contributed by atoms with Gasteiger partial charge in [0.1, 0.15) is 5.75 Å². The molecule has 0 bridgehead atoms. The van der Waals surface area contributed by atoms with Gasteiger partial charge in [0.25, 0.3) is 0 Å². The molecule has 0 saturated carbocycles. The fraction of sp³-hybridized carbons (Fsp3) is 0.368. The average molecular weight is 382 g/mol. The van der Waals surface area contributed by atoms with Crippen LogP contribution in [0.2, 0.25) is 0 Å². The lowest BCUT2D eigenvalue weighted by Crippen LogP contribution is -2.45. The predicted molar refractivity (Wildman–Crippen MR) is 94.1 cm³/mol. The van der Waals surface area contributed by atoms with E-state index in [2.05, 4.69) is 15.0 Å². The van der Waals surface area contributed by atoms with Crippen LogP contribution in [0.1, 0.15) is 17.2 Å². The maximum absolute atomic E-state index is 12.4. The van der Waals surface area contributed by atoms with Crippen LogP contribution in [0.4, 0.5) is 13.2 Å². The summed E-state index contributed by atoms with van der Waals surface area (Å²) in [4.78, 5) is 2.17. The van der Waals surface area contributed by atoms with E-state index in [4.69, 9.17) is 4.74 Å². The minimum atomic E-state index is -4.73. The Hall–Kier alpha value is -2.45. The third-order valence-corrected chi connectivity index (χ3v) is 4.49. The van der Waals surface area contributed by atoms with Crippen molar-refractivity contribution in [3.05, 3.63) is 53.6 Å². The Morgan fingerprint density at radius 3 is 2.33 bits per heavy atom. The van der Waals surface area contributed by atoms with Crippen molar-refractivity contribution in [1.82, 2.24) is 10.2 Å². The molecule has 0 spiro atoms. The number of rotatable bonds is 5. The van der Waals surface area contributed by atoms with Crippen molar-refractivity contribution in [3.8, 4) is 17.2 Å². The van der Waals surface area contributed by atoms with Gasteiger partial charge in [-0.15, -0.1) is 13.2 Å². The van der Waals surface area contributed by atoms with Crippen LogP contribution in [-0.2, 0) is 0 Å². The Labute approximate surface area is 155 Å². The summed E-state index contributed by atoms with van der Waals surface area (Å²) in [6, 6.07) is 10.7. The smallest absolute Gasteiger partial charge is 0.504 e. The van der Waals surface area contributed by atoms with Gasteiger partial charge in [-0.1, -0.05) is 24.3 Å². The van der Waals surface area contributed by atoms with E-state index in [1.54, 1.807) is 30.3 Å². The van der Waals surface area contributed by atoms with Gasteiger partial charge in [0.15, 0.2) is 11.5 Å². The number of methoxy groups -OCH3 is 1. The van der Waals surface area contributed by atoms with Crippen LogP contribution in [0, 0.1) is 0 Å². The Bertz CT molecular complexity index is 760. The van der Waals surface area contributed by atoms with E-state index in [1.807, 2.05) is 0 Å². The van der Waals surface area contributed by atoms with E-state index in [0.717, 1.165) is 31.7 Å². The SMILES string of the molecule is COc1cccc([C@@H](c2ccc(OC(F)(F)F)cc2)N2CCNCC2)c1O. The van der Waals surface area contributed by atoms with E-state index >= 15 is 0 Å². The van der Waals surface area contributed by atoms with Crippen molar-refractivity contribution in [2.24, 2.45) is 0 Å². The molecule has 2 aromatic rings. The molecule has 5 nitrogen and oxygen atoms in total. The summed E-state index contributed by atoms with van der Waals surface area (Å²) in [7, 11) is 1.47. The van der Waals surface area contributed by atoms with Crippen molar-refractivity contribution >= 4 is 0 Å². The summed E-state index contributed by atoms with van der Waals surface area (Å²) in [6.45, 7) is 3.05. The van der Waals surface area contributed by atoms with Crippen LogP contribution in [0.15, 0.2) is 42.5 Å². The standard InChI is InChI=1S/C19H21F3N2O3/c1-26-16-4-2-3-15(18(16)25)17(24-11-9-23-10-12-24)13-5-7-14(8-6-13)27-19(20,21)22/h2-8,17,23,25H,9-12H2,1H3/t17-/m1/s1. The average Bonchev–Trinajstić information content (AvgIpc) is 2.64. The number of nitrogens with zero attached hydrogens (tertiary/aromatic N) is 1. The van der Waals surface area contributed by atoms with Crippen LogP contribution >= 0.6 is 0 Å². The number of phenolic OH excluding ortho intramolecular Hbond substituents is 1. The molecule has 2 N–H and O–H groups in total. The summed E-state index contributed by atoms with van der Waals surface area (Å²) >= 11 is 0. The number of phenols is 1. The van der Waals surface area contributed by atoms with Crippen molar-refractivity contribution in [3.63, 3.8) is 0 Å². The van der Waals surface area contributed by atoms with E-state index in [-0.39, 0.29) is 17.5 Å². The Balaban J connectivity index is 1.98. The normalized spacial score (nSPS) is 16.7. The van der Waals surface area contributed by atoms with Crippen molar-refractivity contribution in [1.29, 1.82) is 0 Å². The minimum Gasteiger partial charge on any atom is -0.504 e. The second-order valence-corrected chi connectivity index (χ2v) is 6.20. The largest absolute Gasteiger partial charge is 0.573 e. The van der Waals surface area contributed by atoms with Gasteiger partial charge in [0.05, 0.1) is 13.2 Å². The fourth-order valence-corrected chi connectivity index (χ4v) is 3.30. The van der Waals surface area contributed by atoms with E-state index in [1.165, 1.54) is 19.2 Å². The number of hydrogen-bond acceptors (Lipinski definition) is 5. The van der Waals surface area contributed by atoms with Gasteiger partial charge in [0.2, 0.25) is 0 Å². The second-order valence-electron chi connectivity index (χ2n) is 6.20. The first-order valence-corrected chi connectivity index (χ1v) is 8.55. The highest BCUT2D eigenvalue weighted by Crippen LogP contribution is 2.40. The molecule has 0 amide bonds. The first-order chi connectivity index (χ1) is 12.9. The molecule has 27 heavy (non-hydrogen) atoms. The molecule has 1 heterocycles. The first kappa shape index (κ1) is 19.3. The summed E-state index contributed by atoms with van der Waals surface area (Å²) in [5.41, 5.74) is 1.40. The molecule has 0 aliphatic carbocycles. The molecular formula is C19H21F3N2O3. The molecule has 1 saturated heterocycles. The van der Waals surface area contributed by atoms with E-state index < -0.39 is 6.36 Å². The van der Waals surface area contributed by atoms with Crippen molar-refractivity contribution in [2.45, 2.75) is 12.4 Å². The molecule has 1 aliphatic rings. The lowest BCUT2D eigenvalue weighted by molar-refractivity contribution is -0.274. The van der Waals surface area contributed by atoms with Gasteiger partial charge in [0, 0.05) is 31.7 Å². The van der Waals surface area contributed by atoms with Crippen molar-refractivity contribution < 1.29 is 27.8 Å². The Kier molecular flexibility index (Phi) is 5.76. The van der Waals surface area contributed by atoms with E-state index in [0.29, 0.717) is 11.3 Å². The third kappa shape index (κ3) is 4.64. The number of benzene rings is 2. The Morgan fingerprint density at radius 1 is 1.07 bits per heavy atom. The number of piperazine rings is 1. The van der Waals surface area contributed by atoms with Gasteiger partial charge in [-0.2, -0.15) is 0 Å². The maximum Gasteiger partial charge on any atom is 0.573 e. The molecular weight excluding hydrogens is 361 g/mol. The van der Waals surface area contributed by atoms with Crippen LogP contribution in [0.5, 0.6) is 17.2 Å². The molecule has 1 atom stereocenters. The quantitative estimate of drug-likeness (QED) is 0.831. The monoisotopic (exact) mass is 382 g/mol. The first-order valence-electron chi connectivity index (χ1n) is 8.55. The second kappa shape index (κ2) is 8.06. The number of alkyl halides is 3. The molecule has 3 rings (SSSR count). The molecule has 146 valence electrons. The number of ether oxygens (including phenoxy) is 2. The number of halogens is 3. The van der Waals surface area contributed by atoms with Gasteiger partial charge in [-0.25, -0.2) is 0 Å². The Morgan fingerprint density at radius 2 is 1.74 bits per heavy atom. The highest BCUT2D eigenvalue weighted by Gasteiger charge is 2.32. The molecule has 1 aliphatic heterocycles. The van der Waals surface area contributed by atoms with Crippen LogP contribution < -0.4 is 14.8 Å². The van der Waals surface area contributed by atoms with Crippen LogP contribution in [0.3, 0.4) is 0 Å². The van der Waals surface area contributed by atoms with Gasteiger partial charge in [-0.05, 0) is 23.8 Å². The lowest BCUT2D eigenvalue weighted by atomic mass is 9.95. The third-order valence-electron chi connectivity index (χ3n) is 4.49. The zero-order valence-corrected chi connectivity index (χ0v) is 14.8. The summed E-state index contributed by atoms with van der Waals surface area (Å²) in [5, 5.41) is 13.9. The number of para-hydroxylation sites is 1. The van der Waals surface area contributed by atoms with Crippen LogP contribution in [-0.4, -0.2) is 49.7 Å². The lowest BCUT2D eigenvalue weighted by Gasteiger charge is -2.36. The van der Waals surface area contributed by atoms with Gasteiger partial charge < -0.3 is 19.9 Å². The number of aromatic hydroxyl groups is 1. The zero-order chi connectivity index (χ0) is 19.4. The number of nitrogens with one attached hydrogen (secondary N) is 1. The summed E-state index contributed by atoms with van der Waals surface area (Å²) < 4.78 is 46.4. The highest BCUT2D eigenvalue weighted by atomic mass is 19.4. The zero-order valence-electron chi connectivity index (χ0n) is 14.8. The highest BCUT2D eigenvalue weighted by molar-refractivity contribution is 5.50. The van der Waals surface area contributed by atoms with Crippen molar-refractivity contribution in [2.75, 3.05) is 33.3 Å². The molecule has 0 unspecified atom stereocenters. The topological polar surface area (TPSA) is 54.0 Å². The summed E-state index contributed by atoms with van der Waals surface area (Å²) in [6.07, 6.45) is -4.73. The van der Waals surface area contributed by atoms with E-state index in [9.17, 15) is 18.3 Å². The molecule has 0 aromatic heterocycles.